The molecule has 5 nitrogen and oxygen atoms in total. The minimum Gasteiger partial charge on any atom is -0.375 e. The molecule has 2 atom stereocenters. The predicted molar refractivity (Wildman–Crippen MR) is 92.5 cm³/mol. The van der Waals surface area contributed by atoms with Crippen LogP contribution in [-0.2, 0) is 4.74 Å². The number of rotatable bonds is 5. The molecule has 25 heavy (non-hydrogen) atoms. The van der Waals surface area contributed by atoms with Crippen LogP contribution < -0.4 is 5.32 Å². The van der Waals surface area contributed by atoms with E-state index in [1.807, 2.05) is 17.0 Å². The number of hydrogen-bond acceptors (Lipinski definition) is 3. The number of pyridine rings is 1. The van der Waals surface area contributed by atoms with Crippen molar-refractivity contribution in [2.75, 3.05) is 20.2 Å². The molecule has 0 saturated carbocycles. The van der Waals surface area contributed by atoms with Crippen LogP contribution in [-0.4, -0.2) is 36.1 Å². The van der Waals surface area contributed by atoms with Crippen molar-refractivity contribution >= 4 is 6.03 Å². The zero-order chi connectivity index (χ0) is 17.6. The zero-order valence-corrected chi connectivity index (χ0v) is 14.2. The first-order valence-corrected chi connectivity index (χ1v) is 8.41. The van der Waals surface area contributed by atoms with E-state index in [-0.39, 0.29) is 24.0 Å². The fourth-order valence-corrected chi connectivity index (χ4v) is 3.24. The van der Waals surface area contributed by atoms with Crippen LogP contribution in [0.4, 0.5) is 9.18 Å². The summed E-state index contributed by atoms with van der Waals surface area (Å²) in [6, 6.07) is 10.0. The summed E-state index contributed by atoms with van der Waals surface area (Å²) in [4.78, 5) is 18.5. The minimum absolute atomic E-state index is 0.0785. The maximum atomic E-state index is 13.1. The van der Waals surface area contributed by atoms with Crippen molar-refractivity contribution in [3.63, 3.8) is 0 Å². The summed E-state index contributed by atoms with van der Waals surface area (Å²) in [5.41, 5.74) is 1.93. The van der Waals surface area contributed by atoms with Crippen LogP contribution in [0.3, 0.4) is 0 Å². The number of aromatic nitrogens is 1. The largest absolute Gasteiger partial charge is 0.375 e. The number of carbonyl (C=O) groups is 1. The van der Waals surface area contributed by atoms with E-state index in [0.717, 1.165) is 30.5 Å². The van der Waals surface area contributed by atoms with Gasteiger partial charge in [0.1, 0.15) is 5.82 Å². The van der Waals surface area contributed by atoms with E-state index >= 15 is 0 Å². The number of likely N-dealkylation sites (tertiary alicyclic amines) is 1. The number of nitrogens with one attached hydrogen (secondary N) is 1. The summed E-state index contributed by atoms with van der Waals surface area (Å²) in [5.74, 6) is -0.292. The Balaban J connectivity index is 1.62. The van der Waals surface area contributed by atoms with Gasteiger partial charge >= 0.3 is 6.03 Å². The summed E-state index contributed by atoms with van der Waals surface area (Å²) in [6.45, 7) is 1.06. The number of carbonyl (C=O) groups excluding carboxylic acids is 1. The van der Waals surface area contributed by atoms with Crippen LogP contribution in [0.15, 0.2) is 48.8 Å². The third-order valence-corrected chi connectivity index (χ3v) is 4.57. The van der Waals surface area contributed by atoms with E-state index in [4.69, 9.17) is 4.74 Å². The van der Waals surface area contributed by atoms with Gasteiger partial charge in [-0.2, -0.15) is 0 Å². The lowest BCUT2D eigenvalue weighted by molar-refractivity contribution is 0.101. The van der Waals surface area contributed by atoms with E-state index in [9.17, 15) is 9.18 Å². The van der Waals surface area contributed by atoms with Crippen molar-refractivity contribution in [1.82, 2.24) is 15.2 Å². The highest BCUT2D eigenvalue weighted by Gasteiger charge is 2.30. The molecule has 1 saturated heterocycles. The van der Waals surface area contributed by atoms with Crippen molar-refractivity contribution in [3.05, 3.63) is 65.7 Å². The molecule has 1 aromatic heterocycles. The Hall–Kier alpha value is -2.47. The first kappa shape index (κ1) is 17.4. The van der Waals surface area contributed by atoms with Gasteiger partial charge in [0.15, 0.2) is 0 Å². The Morgan fingerprint density at radius 1 is 1.32 bits per heavy atom. The Morgan fingerprint density at radius 3 is 2.72 bits per heavy atom. The molecular formula is C19H22FN3O2. The van der Waals surface area contributed by atoms with E-state index in [1.165, 1.54) is 12.1 Å². The number of halogens is 1. The molecule has 0 unspecified atom stereocenters. The molecule has 6 heteroatoms. The van der Waals surface area contributed by atoms with Gasteiger partial charge in [-0.15, -0.1) is 0 Å². The molecule has 2 aromatic rings. The van der Waals surface area contributed by atoms with Crippen molar-refractivity contribution in [2.45, 2.75) is 25.0 Å². The number of benzene rings is 1. The summed E-state index contributed by atoms with van der Waals surface area (Å²) in [5, 5.41) is 2.94. The lowest BCUT2D eigenvalue weighted by Crippen LogP contribution is -2.41. The second kappa shape index (κ2) is 8.07. The number of amides is 2. The van der Waals surface area contributed by atoms with E-state index in [2.05, 4.69) is 10.3 Å². The van der Waals surface area contributed by atoms with Crippen molar-refractivity contribution < 1.29 is 13.9 Å². The highest BCUT2D eigenvalue weighted by Crippen LogP contribution is 2.31. The van der Waals surface area contributed by atoms with Gasteiger partial charge in [-0.1, -0.05) is 12.1 Å². The molecule has 132 valence electrons. The van der Waals surface area contributed by atoms with Crippen LogP contribution >= 0.6 is 0 Å². The molecule has 3 rings (SSSR count). The minimum atomic E-state index is -0.313. The molecule has 1 aromatic carbocycles. The highest BCUT2D eigenvalue weighted by atomic mass is 19.1. The standard InChI is InChI=1S/C19H22FN3O2/c1-25-18(15-4-6-16(20)7-5-15)13-22-19(24)23-12-2-3-17(23)14-8-10-21-11-9-14/h4-11,17-18H,2-3,12-13H2,1H3,(H,22,24)/t17-,18+/m1/s1. The molecule has 0 spiro atoms. The smallest absolute Gasteiger partial charge is 0.318 e. The topological polar surface area (TPSA) is 54.5 Å². The molecule has 1 aliphatic rings. The van der Waals surface area contributed by atoms with Gasteiger partial charge in [0.25, 0.3) is 0 Å². The molecule has 0 aliphatic carbocycles. The lowest BCUT2D eigenvalue weighted by atomic mass is 10.1. The van der Waals surface area contributed by atoms with Gasteiger partial charge in [-0.25, -0.2) is 9.18 Å². The second-order valence-electron chi connectivity index (χ2n) is 6.09. The molecule has 1 aliphatic heterocycles. The van der Waals surface area contributed by atoms with Crippen molar-refractivity contribution in [3.8, 4) is 0 Å². The Kier molecular flexibility index (Phi) is 5.60. The molecule has 2 amide bonds. The van der Waals surface area contributed by atoms with Crippen molar-refractivity contribution in [2.24, 2.45) is 0 Å². The maximum absolute atomic E-state index is 13.1. The molecule has 1 N–H and O–H groups in total. The quantitative estimate of drug-likeness (QED) is 0.905. The highest BCUT2D eigenvalue weighted by molar-refractivity contribution is 5.75. The molecule has 2 heterocycles. The Morgan fingerprint density at radius 2 is 2.04 bits per heavy atom. The average Bonchev–Trinajstić information content (AvgIpc) is 3.14. The first-order chi connectivity index (χ1) is 12.2. The molecular weight excluding hydrogens is 321 g/mol. The van der Waals surface area contributed by atoms with Crippen LogP contribution in [0.25, 0.3) is 0 Å². The maximum Gasteiger partial charge on any atom is 0.318 e. The number of methoxy groups -OCH3 is 1. The van der Waals surface area contributed by atoms with E-state index in [0.29, 0.717) is 6.54 Å². The lowest BCUT2D eigenvalue weighted by Gasteiger charge is -2.26. The third-order valence-electron chi connectivity index (χ3n) is 4.57. The van der Waals surface area contributed by atoms with Gasteiger partial charge in [0.05, 0.1) is 12.1 Å². The van der Waals surface area contributed by atoms with Gasteiger partial charge in [-0.3, -0.25) is 4.98 Å². The first-order valence-electron chi connectivity index (χ1n) is 8.41. The van der Waals surface area contributed by atoms with Gasteiger partial charge in [-0.05, 0) is 48.2 Å². The summed E-state index contributed by atoms with van der Waals surface area (Å²) in [7, 11) is 1.58. The third kappa shape index (κ3) is 4.14. The normalized spacial score (nSPS) is 18.2. The fourth-order valence-electron chi connectivity index (χ4n) is 3.24. The zero-order valence-electron chi connectivity index (χ0n) is 14.2. The number of ether oxygens (including phenoxy) is 1. The van der Waals surface area contributed by atoms with Gasteiger partial charge in [0, 0.05) is 32.6 Å². The van der Waals surface area contributed by atoms with Crippen LogP contribution in [0.2, 0.25) is 0 Å². The van der Waals surface area contributed by atoms with Gasteiger partial charge < -0.3 is 15.0 Å². The second-order valence-corrected chi connectivity index (χ2v) is 6.09. The van der Waals surface area contributed by atoms with Gasteiger partial charge in [0.2, 0.25) is 0 Å². The number of hydrogen-bond donors (Lipinski definition) is 1. The Labute approximate surface area is 146 Å². The molecule has 0 bridgehead atoms. The van der Waals surface area contributed by atoms with Crippen LogP contribution in [0, 0.1) is 5.82 Å². The van der Waals surface area contributed by atoms with E-state index < -0.39 is 0 Å². The number of urea groups is 1. The van der Waals surface area contributed by atoms with Crippen LogP contribution in [0.1, 0.15) is 36.1 Å². The summed E-state index contributed by atoms with van der Waals surface area (Å²) < 4.78 is 18.5. The SMILES string of the molecule is CO[C@@H](CNC(=O)N1CCC[C@@H]1c1ccncc1)c1ccc(F)cc1. The molecule has 1 fully saturated rings. The molecule has 0 radical (unpaired) electrons. The monoisotopic (exact) mass is 343 g/mol. The number of nitrogens with zero attached hydrogens (tertiary/aromatic N) is 2. The van der Waals surface area contributed by atoms with Crippen molar-refractivity contribution in [1.29, 1.82) is 0 Å². The van der Waals surface area contributed by atoms with E-state index in [1.54, 1.807) is 31.6 Å². The van der Waals surface area contributed by atoms with Crippen LogP contribution in [0.5, 0.6) is 0 Å². The fraction of sp³-hybridized carbons (Fsp3) is 0.368. The Bertz CT molecular complexity index is 694. The average molecular weight is 343 g/mol. The summed E-state index contributed by atoms with van der Waals surface area (Å²) in [6.07, 6.45) is 5.11. The summed E-state index contributed by atoms with van der Waals surface area (Å²) >= 11 is 0. The predicted octanol–water partition coefficient (Wildman–Crippen LogP) is 3.45.